The molecule has 0 radical (unpaired) electrons. The van der Waals surface area contributed by atoms with Gasteiger partial charge >= 0.3 is 6.03 Å². The van der Waals surface area contributed by atoms with Crippen molar-refractivity contribution >= 4 is 11.8 Å². The number of aryl methyl sites for hydroxylation is 1. The molecular weight excluding hydrogens is 206 g/mol. The van der Waals surface area contributed by atoms with Crippen molar-refractivity contribution in [2.45, 2.75) is 6.92 Å². The molecule has 0 atom stereocenters. The molecule has 4 N–H and O–H groups in total. The zero-order valence-corrected chi connectivity index (χ0v) is 8.95. The second-order valence-electron chi connectivity index (χ2n) is 3.18. The van der Waals surface area contributed by atoms with Gasteiger partial charge in [0.15, 0.2) is 0 Å². The Bertz CT molecular complexity index is 424. The van der Waals surface area contributed by atoms with Gasteiger partial charge in [-0.3, -0.25) is 0 Å². The maximum atomic E-state index is 10.4. The first-order valence-corrected chi connectivity index (χ1v) is 4.78. The number of nitrogens with zero attached hydrogens (tertiary/aromatic N) is 2. The molecular formula is C10H13N5O. The third-order valence-electron chi connectivity index (χ3n) is 1.87. The van der Waals surface area contributed by atoms with Crippen LogP contribution in [0.25, 0.3) is 0 Å². The highest BCUT2D eigenvalue weighted by molar-refractivity contribution is 5.71. The highest BCUT2D eigenvalue weighted by Gasteiger charge is 2.02. The van der Waals surface area contributed by atoms with Crippen molar-refractivity contribution in [1.29, 1.82) is 5.26 Å². The number of urea groups is 1. The molecule has 0 saturated carbocycles. The number of carbonyl (C=O) groups excluding carboxylic acids is 1. The lowest BCUT2D eigenvalue weighted by Gasteiger charge is -2.07. The van der Waals surface area contributed by atoms with E-state index in [9.17, 15) is 4.79 Å². The maximum absolute atomic E-state index is 10.4. The minimum atomic E-state index is -0.570. The minimum absolute atomic E-state index is 0.385. The molecule has 0 spiro atoms. The van der Waals surface area contributed by atoms with Gasteiger partial charge in [-0.2, -0.15) is 5.26 Å². The summed E-state index contributed by atoms with van der Waals surface area (Å²) in [6.45, 7) is 2.69. The van der Waals surface area contributed by atoms with Crippen LogP contribution in [0.5, 0.6) is 0 Å². The van der Waals surface area contributed by atoms with E-state index in [4.69, 9.17) is 11.0 Å². The van der Waals surface area contributed by atoms with Gasteiger partial charge in [0, 0.05) is 18.8 Å². The predicted octanol–water partition coefficient (Wildman–Crippen LogP) is 0.342. The number of nitriles is 1. The summed E-state index contributed by atoms with van der Waals surface area (Å²) in [6, 6.07) is 4.94. The van der Waals surface area contributed by atoms with Crippen LogP contribution in [-0.4, -0.2) is 24.1 Å². The van der Waals surface area contributed by atoms with Crippen LogP contribution in [0.1, 0.15) is 11.3 Å². The predicted molar refractivity (Wildman–Crippen MR) is 59.8 cm³/mol. The van der Waals surface area contributed by atoms with Crippen LogP contribution in [0.3, 0.4) is 0 Å². The summed E-state index contributed by atoms with van der Waals surface area (Å²) in [5.41, 5.74) is 6.21. The van der Waals surface area contributed by atoms with Crippen LogP contribution >= 0.6 is 0 Å². The number of rotatable bonds is 4. The monoisotopic (exact) mass is 219 g/mol. The average molecular weight is 219 g/mol. The Morgan fingerprint density at radius 1 is 1.56 bits per heavy atom. The second kappa shape index (κ2) is 5.56. The van der Waals surface area contributed by atoms with E-state index in [-0.39, 0.29) is 0 Å². The van der Waals surface area contributed by atoms with Crippen molar-refractivity contribution in [3.63, 3.8) is 0 Å². The van der Waals surface area contributed by atoms with Crippen LogP contribution in [0.2, 0.25) is 0 Å². The van der Waals surface area contributed by atoms with Crippen LogP contribution in [0.15, 0.2) is 12.1 Å². The number of nitrogens with one attached hydrogen (secondary N) is 2. The van der Waals surface area contributed by atoms with Crippen LogP contribution < -0.4 is 16.4 Å². The highest BCUT2D eigenvalue weighted by atomic mass is 16.2. The Labute approximate surface area is 93.5 Å². The third kappa shape index (κ3) is 3.46. The summed E-state index contributed by atoms with van der Waals surface area (Å²) in [4.78, 5) is 14.6. The van der Waals surface area contributed by atoms with Gasteiger partial charge in [0.25, 0.3) is 0 Å². The zero-order valence-electron chi connectivity index (χ0n) is 8.95. The molecule has 1 heterocycles. The molecule has 1 aromatic heterocycles. The first-order chi connectivity index (χ1) is 7.63. The van der Waals surface area contributed by atoms with Crippen molar-refractivity contribution in [2.75, 3.05) is 18.4 Å². The Kier molecular flexibility index (Phi) is 4.09. The Morgan fingerprint density at radius 2 is 2.31 bits per heavy atom. The summed E-state index contributed by atoms with van der Waals surface area (Å²) in [6.07, 6.45) is 0. The Balaban J connectivity index is 2.56. The SMILES string of the molecule is Cc1ccc(C#N)c(NCCNC(N)=O)n1. The lowest BCUT2D eigenvalue weighted by molar-refractivity contribution is 0.249. The fourth-order valence-corrected chi connectivity index (χ4v) is 1.15. The number of pyridine rings is 1. The molecule has 0 aromatic carbocycles. The molecule has 0 unspecified atom stereocenters. The highest BCUT2D eigenvalue weighted by Crippen LogP contribution is 2.11. The number of hydrogen-bond acceptors (Lipinski definition) is 4. The van der Waals surface area contributed by atoms with Gasteiger partial charge in [0.05, 0.1) is 5.56 Å². The molecule has 0 fully saturated rings. The number of hydrogen-bond donors (Lipinski definition) is 3. The molecule has 0 aliphatic rings. The van der Waals surface area contributed by atoms with Gasteiger partial charge in [-0.15, -0.1) is 0 Å². The van der Waals surface area contributed by atoms with E-state index >= 15 is 0 Å². The van der Waals surface area contributed by atoms with E-state index in [1.54, 1.807) is 12.1 Å². The number of aromatic nitrogens is 1. The van der Waals surface area contributed by atoms with Crippen molar-refractivity contribution in [3.8, 4) is 6.07 Å². The second-order valence-corrected chi connectivity index (χ2v) is 3.18. The molecule has 0 bridgehead atoms. The van der Waals surface area contributed by atoms with E-state index in [1.165, 1.54) is 0 Å². The van der Waals surface area contributed by atoms with E-state index < -0.39 is 6.03 Å². The minimum Gasteiger partial charge on any atom is -0.367 e. The van der Waals surface area contributed by atoms with E-state index in [0.717, 1.165) is 5.69 Å². The quantitative estimate of drug-likeness (QED) is 0.635. The number of primary amides is 1. The smallest absolute Gasteiger partial charge is 0.312 e. The van der Waals surface area contributed by atoms with E-state index in [2.05, 4.69) is 15.6 Å². The fourth-order valence-electron chi connectivity index (χ4n) is 1.15. The summed E-state index contributed by atoms with van der Waals surface area (Å²) in [5, 5.41) is 14.2. The first kappa shape index (κ1) is 11.8. The molecule has 0 aliphatic carbocycles. The normalized spacial score (nSPS) is 9.25. The molecule has 0 aliphatic heterocycles. The van der Waals surface area contributed by atoms with Crippen LogP contribution in [0.4, 0.5) is 10.6 Å². The van der Waals surface area contributed by atoms with Gasteiger partial charge in [-0.05, 0) is 19.1 Å². The van der Waals surface area contributed by atoms with E-state index in [1.807, 2.05) is 13.0 Å². The van der Waals surface area contributed by atoms with Crippen molar-refractivity contribution < 1.29 is 4.79 Å². The maximum Gasteiger partial charge on any atom is 0.312 e. The third-order valence-corrected chi connectivity index (χ3v) is 1.87. The van der Waals surface area contributed by atoms with Gasteiger partial charge in [-0.25, -0.2) is 9.78 Å². The molecule has 0 saturated heterocycles. The van der Waals surface area contributed by atoms with Crippen molar-refractivity contribution in [2.24, 2.45) is 5.73 Å². The number of amides is 2. The molecule has 84 valence electrons. The van der Waals surface area contributed by atoms with Gasteiger partial charge in [-0.1, -0.05) is 0 Å². The lowest BCUT2D eigenvalue weighted by Crippen LogP contribution is -2.33. The summed E-state index contributed by atoms with van der Waals surface area (Å²) in [5.74, 6) is 0.522. The largest absolute Gasteiger partial charge is 0.367 e. The molecule has 1 aromatic rings. The van der Waals surface area contributed by atoms with Gasteiger partial charge < -0.3 is 16.4 Å². The summed E-state index contributed by atoms with van der Waals surface area (Å²) in [7, 11) is 0. The van der Waals surface area contributed by atoms with Crippen molar-refractivity contribution in [1.82, 2.24) is 10.3 Å². The number of carbonyl (C=O) groups is 1. The Morgan fingerprint density at radius 3 is 2.94 bits per heavy atom. The number of anilines is 1. The molecule has 6 heteroatoms. The molecule has 1 rings (SSSR count). The Hall–Kier alpha value is -2.29. The number of nitrogens with two attached hydrogens (primary N) is 1. The van der Waals surface area contributed by atoms with Crippen LogP contribution in [-0.2, 0) is 0 Å². The topological polar surface area (TPSA) is 104 Å². The van der Waals surface area contributed by atoms with E-state index in [0.29, 0.717) is 24.5 Å². The summed E-state index contributed by atoms with van der Waals surface area (Å²) < 4.78 is 0. The lowest BCUT2D eigenvalue weighted by atomic mass is 10.2. The van der Waals surface area contributed by atoms with Crippen molar-refractivity contribution in [3.05, 3.63) is 23.4 Å². The fraction of sp³-hybridized carbons (Fsp3) is 0.300. The molecule has 2 amide bonds. The van der Waals surface area contributed by atoms with Crippen LogP contribution in [0, 0.1) is 18.3 Å². The summed E-state index contributed by atoms with van der Waals surface area (Å²) >= 11 is 0. The average Bonchev–Trinajstić information content (AvgIpc) is 2.24. The molecule has 16 heavy (non-hydrogen) atoms. The first-order valence-electron chi connectivity index (χ1n) is 4.78. The van der Waals surface area contributed by atoms with Gasteiger partial charge in [0.1, 0.15) is 11.9 Å². The zero-order chi connectivity index (χ0) is 12.0. The standard InChI is InChI=1S/C10H13N5O/c1-7-2-3-8(6-11)9(15-7)13-4-5-14-10(12)16/h2-3H,4-5H2,1H3,(H,13,15)(H3,12,14,16). The van der Waals surface area contributed by atoms with Gasteiger partial charge in [0.2, 0.25) is 0 Å². The molecule has 6 nitrogen and oxygen atoms in total.